The fourth-order valence-electron chi connectivity index (χ4n) is 2.16. The third-order valence-corrected chi connectivity index (χ3v) is 3.13. The summed E-state index contributed by atoms with van der Waals surface area (Å²) in [6, 6.07) is 1.45. The van der Waals surface area contributed by atoms with Crippen molar-refractivity contribution < 1.29 is 23.1 Å². The van der Waals surface area contributed by atoms with Crippen LogP contribution in [0.4, 0.5) is 13.2 Å². The average Bonchev–Trinajstić information content (AvgIpc) is 2.82. The minimum Gasteiger partial charge on any atom is -0.481 e. The number of carboxylic acids is 1. The van der Waals surface area contributed by atoms with Crippen molar-refractivity contribution in [2.24, 2.45) is 5.92 Å². The van der Waals surface area contributed by atoms with Crippen LogP contribution in [-0.2, 0) is 11.5 Å². The van der Waals surface area contributed by atoms with Crippen LogP contribution >= 0.6 is 0 Å². The number of rotatable bonds is 3. The Hall–Kier alpha value is -1.56. The van der Waals surface area contributed by atoms with E-state index in [0.717, 1.165) is 6.07 Å². The average molecular weight is 259 g/mol. The molecule has 1 aromatic rings. The summed E-state index contributed by atoms with van der Waals surface area (Å²) in [6.07, 6.45) is 0.168. The molecule has 2 N–H and O–H groups in total. The number of hydrogen-bond donors (Lipinski definition) is 2. The van der Waals surface area contributed by atoms with Gasteiger partial charge >= 0.3 is 5.97 Å². The normalized spacial score (nSPS) is 23.3. The monoisotopic (exact) mass is 259 g/mol. The number of nitrogens with one attached hydrogen (secondary N) is 1. The van der Waals surface area contributed by atoms with Gasteiger partial charge in [0.1, 0.15) is 6.67 Å². The lowest BCUT2D eigenvalue weighted by Gasteiger charge is -2.13. The zero-order valence-corrected chi connectivity index (χ0v) is 9.42. The Morgan fingerprint density at radius 1 is 1.44 bits per heavy atom. The first-order chi connectivity index (χ1) is 8.52. The van der Waals surface area contributed by atoms with Crippen LogP contribution in [0.5, 0.6) is 0 Å². The molecule has 1 aliphatic rings. The van der Waals surface area contributed by atoms with Crippen LogP contribution in [-0.4, -0.2) is 17.6 Å². The molecule has 6 heteroatoms. The van der Waals surface area contributed by atoms with Crippen molar-refractivity contribution in [2.75, 3.05) is 6.54 Å². The van der Waals surface area contributed by atoms with Crippen molar-refractivity contribution in [1.29, 1.82) is 0 Å². The van der Waals surface area contributed by atoms with Gasteiger partial charge in [0.25, 0.3) is 0 Å². The molecule has 0 saturated carbocycles. The van der Waals surface area contributed by atoms with Crippen molar-refractivity contribution in [3.05, 3.63) is 34.9 Å². The maximum Gasteiger partial charge on any atom is 0.307 e. The molecular weight excluding hydrogens is 247 g/mol. The Kier molecular flexibility index (Phi) is 3.56. The lowest BCUT2D eigenvalue weighted by atomic mass is 9.98. The standard InChI is InChI=1S/C12H12F3NO2/c13-4-6-1-8(11(15)9(14)2-6)10-3-7(5-16-10)12(17)18/h1-2,7,10,16H,3-5H2,(H,17,18). The van der Waals surface area contributed by atoms with Crippen molar-refractivity contribution >= 4 is 5.97 Å². The van der Waals surface area contributed by atoms with Crippen LogP contribution in [0, 0.1) is 17.6 Å². The second-order valence-corrected chi connectivity index (χ2v) is 4.35. The third-order valence-electron chi connectivity index (χ3n) is 3.13. The van der Waals surface area contributed by atoms with Crippen LogP contribution in [0.3, 0.4) is 0 Å². The molecule has 0 amide bonds. The van der Waals surface area contributed by atoms with Gasteiger partial charge in [-0.2, -0.15) is 0 Å². The molecule has 0 bridgehead atoms. The van der Waals surface area contributed by atoms with E-state index < -0.39 is 36.2 Å². The Labute approximate surface area is 102 Å². The van der Waals surface area contributed by atoms with E-state index in [1.807, 2.05) is 0 Å². The Bertz CT molecular complexity index is 479. The van der Waals surface area contributed by atoms with Gasteiger partial charge in [-0.25, -0.2) is 13.2 Å². The summed E-state index contributed by atoms with van der Waals surface area (Å²) in [5.74, 6) is -3.77. The van der Waals surface area contributed by atoms with E-state index in [2.05, 4.69) is 5.32 Å². The van der Waals surface area contributed by atoms with Crippen molar-refractivity contribution in [2.45, 2.75) is 19.1 Å². The topological polar surface area (TPSA) is 49.3 Å². The SMILES string of the molecule is O=C(O)C1CNC(c2cc(CF)cc(F)c2F)C1. The number of alkyl halides is 1. The highest BCUT2D eigenvalue weighted by Crippen LogP contribution is 2.30. The molecule has 2 unspecified atom stereocenters. The highest BCUT2D eigenvalue weighted by atomic mass is 19.2. The molecule has 0 aliphatic carbocycles. The summed E-state index contributed by atoms with van der Waals surface area (Å²) in [6.45, 7) is -0.694. The summed E-state index contributed by atoms with van der Waals surface area (Å²) in [4.78, 5) is 10.8. The van der Waals surface area contributed by atoms with Gasteiger partial charge in [-0.05, 0) is 24.1 Å². The number of benzene rings is 1. The van der Waals surface area contributed by atoms with Crippen LogP contribution in [0.1, 0.15) is 23.6 Å². The first-order valence-corrected chi connectivity index (χ1v) is 5.53. The second kappa shape index (κ2) is 4.97. The molecule has 0 spiro atoms. The Morgan fingerprint density at radius 2 is 2.17 bits per heavy atom. The van der Waals surface area contributed by atoms with E-state index in [1.165, 1.54) is 6.07 Å². The smallest absolute Gasteiger partial charge is 0.307 e. The number of aliphatic carboxylic acids is 1. The molecule has 2 rings (SSSR count). The molecule has 18 heavy (non-hydrogen) atoms. The van der Waals surface area contributed by atoms with Crippen molar-refractivity contribution in [3.8, 4) is 0 Å². The van der Waals surface area contributed by atoms with Crippen LogP contribution in [0.15, 0.2) is 12.1 Å². The van der Waals surface area contributed by atoms with Gasteiger partial charge < -0.3 is 10.4 Å². The predicted molar refractivity (Wildman–Crippen MR) is 57.7 cm³/mol. The minimum atomic E-state index is -1.11. The summed E-state index contributed by atoms with van der Waals surface area (Å²) in [7, 11) is 0. The molecule has 1 saturated heterocycles. The van der Waals surface area contributed by atoms with E-state index in [0.29, 0.717) is 0 Å². The molecule has 3 nitrogen and oxygen atoms in total. The largest absolute Gasteiger partial charge is 0.481 e. The zero-order chi connectivity index (χ0) is 13.3. The number of halogens is 3. The quantitative estimate of drug-likeness (QED) is 0.874. The van der Waals surface area contributed by atoms with Crippen molar-refractivity contribution in [1.82, 2.24) is 5.32 Å². The Balaban J connectivity index is 2.29. The Morgan fingerprint density at radius 3 is 2.72 bits per heavy atom. The number of carboxylic acid groups (broad SMARTS) is 1. The minimum absolute atomic E-state index is 0.00796. The maximum absolute atomic E-state index is 13.6. The second-order valence-electron chi connectivity index (χ2n) is 4.35. The van der Waals surface area contributed by atoms with Gasteiger partial charge in [-0.3, -0.25) is 4.79 Å². The van der Waals surface area contributed by atoms with Gasteiger partial charge in [0.05, 0.1) is 5.92 Å². The van der Waals surface area contributed by atoms with E-state index >= 15 is 0 Å². The summed E-state index contributed by atoms with van der Waals surface area (Å²) >= 11 is 0. The van der Waals surface area contributed by atoms with E-state index in [-0.39, 0.29) is 24.1 Å². The molecule has 2 atom stereocenters. The maximum atomic E-state index is 13.6. The highest BCUT2D eigenvalue weighted by Gasteiger charge is 2.32. The number of hydrogen-bond acceptors (Lipinski definition) is 2. The van der Waals surface area contributed by atoms with E-state index in [4.69, 9.17) is 5.11 Å². The lowest BCUT2D eigenvalue weighted by Crippen LogP contribution is -2.18. The summed E-state index contributed by atoms with van der Waals surface area (Å²) in [5, 5.41) is 11.6. The van der Waals surface area contributed by atoms with E-state index in [1.54, 1.807) is 0 Å². The first-order valence-electron chi connectivity index (χ1n) is 5.53. The van der Waals surface area contributed by atoms with Crippen molar-refractivity contribution in [3.63, 3.8) is 0 Å². The third kappa shape index (κ3) is 2.33. The first kappa shape index (κ1) is 12.9. The van der Waals surface area contributed by atoms with Crippen LogP contribution in [0.2, 0.25) is 0 Å². The zero-order valence-electron chi connectivity index (χ0n) is 9.42. The fraction of sp³-hybridized carbons (Fsp3) is 0.417. The molecule has 0 aromatic heterocycles. The van der Waals surface area contributed by atoms with Gasteiger partial charge in [-0.15, -0.1) is 0 Å². The summed E-state index contributed by atoms with van der Waals surface area (Å²) in [5.41, 5.74) is 0.0378. The van der Waals surface area contributed by atoms with Gasteiger partial charge in [0.2, 0.25) is 0 Å². The molecule has 1 aromatic carbocycles. The predicted octanol–water partition coefficient (Wildman–Crippen LogP) is 2.17. The fourth-order valence-corrected chi connectivity index (χ4v) is 2.16. The molecule has 98 valence electrons. The number of carbonyl (C=O) groups is 1. The van der Waals surface area contributed by atoms with Gasteiger partial charge in [-0.1, -0.05) is 0 Å². The molecule has 1 heterocycles. The van der Waals surface area contributed by atoms with Crippen LogP contribution < -0.4 is 5.32 Å². The lowest BCUT2D eigenvalue weighted by molar-refractivity contribution is -0.141. The molecule has 1 aliphatic heterocycles. The van der Waals surface area contributed by atoms with E-state index in [9.17, 15) is 18.0 Å². The molecule has 1 fully saturated rings. The highest BCUT2D eigenvalue weighted by molar-refractivity contribution is 5.70. The summed E-state index contributed by atoms with van der Waals surface area (Å²) < 4.78 is 39.4. The molecular formula is C12H12F3NO2. The molecule has 0 radical (unpaired) electrons. The van der Waals surface area contributed by atoms with Gasteiger partial charge in [0.15, 0.2) is 11.6 Å². The van der Waals surface area contributed by atoms with Crippen LogP contribution in [0.25, 0.3) is 0 Å². The van der Waals surface area contributed by atoms with Gasteiger partial charge in [0, 0.05) is 18.2 Å².